The second-order valence-corrected chi connectivity index (χ2v) is 18.4. The predicted molar refractivity (Wildman–Crippen MR) is 241 cm³/mol. The van der Waals surface area contributed by atoms with Gasteiger partial charge in [0.05, 0.1) is 0 Å². The van der Waals surface area contributed by atoms with E-state index in [1.165, 1.54) is 141 Å². The van der Waals surface area contributed by atoms with Crippen LogP contribution in [0.5, 0.6) is 0 Å². The van der Waals surface area contributed by atoms with E-state index >= 15 is 0 Å². The topological polar surface area (TPSA) is 3.24 Å². The van der Waals surface area contributed by atoms with E-state index < -0.39 is 0 Å². The zero-order valence-corrected chi connectivity index (χ0v) is 33.6. The van der Waals surface area contributed by atoms with Gasteiger partial charge in [0.1, 0.15) is 0 Å². The average molecular weight is 740 g/mol. The molecule has 0 radical (unpaired) electrons. The first kappa shape index (κ1) is 34.8. The molecular formula is C56H53N. The Balaban J connectivity index is 0.979. The summed E-state index contributed by atoms with van der Waals surface area (Å²) in [6.45, 7) is 4.82. The molecule has 7 aromatic rings. The molecule has 0 spiro atoms. The summed E-state index contributed by atoms with van der Waals surface area (Å²) in [7, 11) is 0. The summed E-state index contributed by atoms with van der Waals surface area (Å²) in [5.74, 6) is 3.25. The number of hydrogen-bond donors (Lipinski definition) is 0. The summed E-state index contributed by atoms with van der Waals surface area (Å²) in [6.07, 6.45) is 12.4. The standard InChI is InChI=1S/C56H53N/c1-56(2)54-30-24-45(41-17-15-40(16-18-41)38-9-5-3-6-10-38)35-53(54)51-29-28-50(36-55(51)56)57(48-25-22-43(23-26-48)52-32-37-13-14-46(52)31-37)49-27-21-42-19-20-44(33-47(42)34-49)39-11-7-4-8-12-39/h3,5-6,9-10,15-30,33-37,39,46,52H,4,7-8,11-14,31-32H2,1-2H3. The predicted octanol–water partition coefficient (Wildman–Crippen LogP) is 15.9. The highest BCUT2D eigenvalue weighted by atomic mass is 15.1. The fourth-order valence-electron chi connectivity index (χ4n) is 11.6. The summed E-state index contributed by atoms with van der Waals surface area (Å²) in [6, 6.07) is 58.2. The molecule has 2 bridgehead atoms. The molecule has 0 amide bonds. The number of benzene rings is 7. The van der Waals surface area contributed by atoms with Crippen molar-refractivity contribution in [1.29, 1.82) is 0 Å². The Kier molecular flexibility index (Phi) is 8.50. The van der Waals surface area contributed by atoms with Crippen LogP contribution in [0.2, 0.25) is 0 Å². The third-order valence-corrected chi connectivity index (χ3v) is 14.7. The van der Waals surface area contributed by atoms with Gasteiger partial charge in [0.2, 0.25) is 0 Å². The van der Waals surface area contributed by atoms with Crippen LogP contribution in [0.4, 0.5) is 17.1 Å². The third kappa shape index (κ3) is 6.13. The Morgan fingerprint density at radius 1 is 0.456 bits per heavy atom. The van der Waals surface area contributed by atoms with Gasteiger partial charge < -0.3 is 4.90 Å². The van der Waals surface area contributed by atoms with Crippen molar-refractivity contribution < 1.29 is 0 Å². The largest absolute Gasteiger partial charge is 0.310 e. The molecule has 282 valence electrons. The molecule has 0 aliphatic heterocycles. The van der Waals surface area contributed by atoms with Gasteiger partial charge in [-0.3, -0.25) is 0 Å². The normalized spacial score (nSPS) is 20.8. The van der Waals surface area contributed by atoms with E-state index in [9.17, 15) is 0 Å². The van der Waals surface area contributed by atoms with Gasteiger partial charge >= 0.3 is 0 Å². The number of fused-ring (bicyclic) bond motifs is 6. The van der Waals surface area contributed by atoms with Crippen molar-refractivity contribution in [1.82, 2.24) is 0 Å². The summed E-state index contributed by atoms with van der Waals surface area (Å²) in [4.78, 5) is 2.52. The molecule has 0 saturated heterocycles. The minimum atomic E-state index is -0.119. The Morgan fingerprint density at radius 2 is 1.12 bits per heavy atom. The summed E-state index contributed by atoms with van der Waals surface area (Å²) < 4.78 is 0. The molecule has 3 fully saturated rings. The first-order valence-corrected chi connectivity index (χ1v) is 21.9. The van der Waals surface area contributed by atoms with Crippen LogP contribution < -0.4 is 4.90 Å². The average Bonchev–Trinajstić information content (AvgIpc) is 3.97. The van der Waals surface area contributed by atoms with Crippen LogP contribution in [0.25, 0.3) is 44.2 Å². The fourth-order valence-corrected chi connectivity index (χ4v) is 11.6. The molecule has 7 aromatic carbocycles. The number of rotatable bonds is 7. The van der Waals surface area contributed by atoms with Gasteiger partial charge in [0.25, 0.3) is 0 Å². The first-order chi connectivity index (χ1) is 28.0. The molecule has 11 rings (SSSR count). The van der Waals surface area contributed by atoms with Gasteiger partial charge in [0.15, 0.2) is 0 Å². The van der Waals surface area contributed by atoms with Crippen molar-refractivity contribution in [3.63, 3.8) is 0 Å². The second-order valence-electron chi connectivity index (χ2n) is 18.4. The summed E-state index contributed by atoms with van der Waals surface area (Å²) in [5.41, 5.74) is 17.2. The molecule has 4 aliphatic rings. The lowest BCUT2D eigenvalue weighted by molar-refractivity contribution is 0.420. The van der Waals surface area contributed by atoms with E-state index in [1.54, 1.807) is 0 Å². The van der Waals surface area contributed by atoms with Crippen LogP contribution in [0.3, 0.4) is 0 Å². The second kappa shape index (κ2) is 13.9. The third-order valence-electron chi connectivity index (χ3n) is 14.7. The molecule has 0 aromatic heterocycles. The molecule has 57 heavy (non-hydrogen) atoms. The van der Waals surface area contributed by atoms with Crippen LogP contribution in [0.1, 0.15) is 106 Å². The van der Waals surface area contributed by atoms with Crippen molar-refractivity contribution in [3.8, 4) is 33.4 Å². The van der Waals surface area contributed by atoms with E-state index in [1.807, 2.05) is 0 Å². The SMILES string of the molecule is CC1(C)c2ccc(-c3ccc(-c4ccccc4)cc3)cc2-c2ccc(N(c3ccc(C4CC5CCC4C5)cc3)c3ccc4ccc(C5CCCCC5)cc4c3)cc21. The molecule has 3 atom stereocenters. The monoisotopic (exact) mass is 739 g/mol. The van der Waals surface area contributed by atoms with Crippen LogP contribution in [-0.2, 0) is 5.41 Å². The van der Waals surface area contributed by atoms with Crippen molar-refractivity contribution in [2.24, 2.45) is 11.8 Å². The maximum atomic E-state index is 2.52. The molecule has 4 aliphatic carbocycles. The quantitative estimate of drug-likeness (QED) is 0.157. The minimum absolute atomic E-state index is 0.119. The Hall–Kier alpha value is -5.40. The molecule has 1 heteroatoms. The van der Waals surface area contributed by atoms with E-state index in [0.29, 0.717) is 5.92 Å². The lowest BCUT2D eigenvalue weighted by Crippen LogP contribution is -2.16. The van der Waals surface area contributed by atoms with Gasteiger partial charge in [-0.1, -0.05) is 149 Å². The van der Waals surface area contributed by atoms with Crippen molar-refractivity contribution in [2.45, 2.75) is 88.9 Å². The van der Waals surface area contributed by atoms with Gasteiger partial charge in [-0.05, 0) is 165 Å². The first-order valence-electron chi connectivity index (χ1n) is 21.9. The van der Waals surface area contributed by atoms with Crippen molar-refractivity contribution in [2.75, 3.05) is 4.90 Å². The Bertz CT molecular complexity index is 2590. The van der Waals surface area contributed by atoms with Gasteiger partial charge in [-0.15, -0.1) is 0 Å². The summed E-state index contributed by atoms with van der Waals surface area (Å²) >= 11 is 0. The van der Waals surface area contributed by atoms with Crippen molar-refractivity contribution >= 4 is 27.8 Å². The van der Waals surface area contributed by atoms with E-state index in [0.717, 1.165) is 17.8 Å². The number of anilines is 3. The lowest BCUT2D eigenvalue weighted by atomic mass is 9.82. The maximum absolute atomic E-state index is 2.52. The van der Waals surface area contributed by atoms with Crippen LogP contribution in [-0.4, -0.2) is 0 Å². The molecule has 1 nitrogen and oxygen atoms in total. The Morgan fingerprint density at radius 3 is 1.88 bits per heavy atom. The van der Waals surface area contributed by atoms with E-state index in [2.05, 4.69) is 170 Å². The zero-order chi connectivity index (χ0) is 38.1. The number of hydrogen-bond acceptors (Lipinski definition) is 1. The smallest absolute Gasteiger partial charge is 0.0468 e. The molecular weight excluding hydrogens is 687 g/mol. The fraction of sp³-hybridized carbons (Fsp3) is 0.286. The van der Waals surface area contributed by atoms with Crippen LogP contribution >= 0.6 is 0 Å². The molecule has 3 unspecified atom stereocenters. The van der Waals surface area contributed by atoms with Gasteiger partial charge in [0, 0.05) is 22.5 Å². The maximum Gasteiger partial charge on any atom is 0.0468 e. The zero-order valence-electron chi connectivity index (χ0n) is 33.6. The van der Waals surface area contributed by atoms with E-state index in [4.69, 9.17) is 0 Å². The Labute approximate surface area is 339 Å². The molecule has 0 N–H and O–H groups in total. The highest BCUT2D eigenvalue weighted by Crippen LogP contribution is 2.54. The van der Waals surface area contributed by atoms with Gasteiger partial charge in [-0.25, -0.2) is 0 Å². The minimum Gasteiger partial charge on any atom is -0.310 e. The van der Waals surface area contributed by atoms with Gasteiger partial charge in [-0.2, -0.15) is 0 Å². The van der Waals surface area contributed by atoms with Crippen molar-refractivity contribution in [3.05, 3.63) is 174 Å². The molecule has 0 heterocycles. The molecule has 3 saturated carbocycles. The summed E-state index contributed by atoms with van der Waals surface area (Å²) in [5, 5.41) is 2.67. The highest BCUT2D eigenvalue weighted by Gasteiger charge is 2.40. The highest BCUT2D eigenvalue weighted by molar-refractivity contribution is 5.92. The lowest BCUT2D eigenvalue weighted by Gasteiger charge is -2.29. The number of nitrogens with zero attached hydrogens (tertiary/aromatic N) is 1. The van der Waals surface area contributed by atoms with Crippen LogP contribution in [0.15, 0.2) is 152 Å². The van der Waals surface area contributed by atoms with E-state index in [-0.39, 0.29) is 5.41 Å². The van der Waals surface area contributed by atoms with Crippen LogP contribution in [0, 0.1) is 11.8 Å².